The van der Waals surface area contributed by atoms with Crippen molar-refractivity contribution in [2.75, 3.05) is 35.3 Å². The molecule has 5 heterocycles. The number of carbonyl (C=O) groups is 1. The second kappa shape index (κ2) is 7.75. The van der Waals surface area contributed by atoms with E-state index in [9.17, 15) is 4.79 Å². The average molecular weight is 414 g/mol. The lowest BCUT2D eigenvalue weighted by atomic mass is 10.1. The molecule has 2 amide bonds. The molecule has 0 saturated carbocycles. The van der Waals surface area contributed by atoms with Gasteiger partial charge in [-0.2, -0.15) is 0 Å². The van der Waals surface area contributed by atoms with Gasteiger partial charge in [-0.3, -0.25) is 25.2 Å². The number of rotatable bonds is 3. The number of urea groups is 1. The van der Waals surface area contributed by atoms with Gasteiger partial charge in [-0.15, -0.1) is 0 Å². The van der Waals surface area contributed by atoms with Gasteiger partial charge in [-0.05, 0) is 37.1 Å². The van der Waals surface area contributed by atoms with E-state index in [1.54, 1.807) is 36.8 Å². The van der Waals surface area contributed by atoms with E-state index in [1.165, 1.54) is 6.20 Å². The minimum absolute atomic E-state index is 0.0647. The second-order valence-electron chi connectivity index (χ2n) is 7.63. The van der Waals surface area contributed by atoms with Crippen LogP contribution in [-0.2, 0) is 0 Å². The lowest BCUT2D eigenvalue weighted by molar-refractivity contribution is 0.254. The maximum Gasteiger partial charge on any atom is 0.329 e. The fourth-order valence-electron chi connectivity index (χ4n) is 4.15. The highest BCUT2D eigenvalue weighted by Crippen LogP contribution is 2.40. The Balaban J connectivity index is 1.52. The summed E-state index contributed by atoms with van der Waals surface area (Å²) in [7, 11) is 1.73. The van der Waals surface area contributed by atoms with Crippen LogP contribution in [0.1, 0.15) is 17.7 Å². The van der Waals surface area contributed by atoms with Crippen LogP contribution in [0.3, 0.4) is 0 Å². The smallest absolute Gasteiger partial charge is 0.329 e. The van der Waals surface area contributed by atoms with E-state index in [0.29, 0.717) is 11.6 Å². The van der Waals surface area contributed by atoms with Crippen molar-refractivity contribution in [1.29, 1.82) is 0 Å². The van der Waals surface area contributed by atoms with Crippen LogP contribution in [0.2, 0.25) is 0 Å². The maximum absolute atomic E-state index is 13.2. The first-order valence-electron chi connectivity index (χ1n) is 10.2. The van der Waals surface area contributed by atoms with Gasteiger partial charge in [0.2, 0.25) is 0 Å². The molecule has 9 nitrogen and oxygen atoms in total. The summed E-state index contributed by atoms with van der Waals surface area (Å²) >= 11 is 0. The van der Waals surface area contributed by atoms with Crippen molar-refractivity contribution in [3.63, 3.8) is 0 Å². The van der Waals surface area contributed by atoms with Gasteiger partial charge in [0, 0.05) is 50.5 Å². The van der Waals surface area contributed by atoms with Crippen molar-refractivity contribution in [2.45, 2.75) is 19.4 Å². The molecule has 0 radical (unpaired) electrons. The van der Waals surface area contributed by atoms with Crippen LogP contribution in [0.25, 0.3) is 11.3 Å². The molecule has 0 aliphatic carbocycles. The summed E-state index contributed by atoms with van der Waals surface area (Å²) < 4.78 is 0. The van der Waals surface area contributed by atoms with Crippen molar-refractivity contribution in [3.05, 3.63) is 54.2 Å². The Morgan fingerprint density at radius 3 is 2.94 bits per heavy atom. The van der Waals surface area contributed by atoms with Crippen LogP contribution in [-0.4, -0.2) is 58.4 Å². The lowest BCUT2D eigenvalue weighted by Crippen LogP contribution is -2.48. The molecule has 2 bridgehead atoms. The Hall–Kier alpha value is -3.88. The number of aliphatic imine (C=N–C) groups is 1. The summed E-state index contributed by atoms with van der Waals surface area (Å²) in [4.78, 5) is 38.9. The van der Waals surface area contributed by atoms with Gasteiger partial charge < -0.3 is 4.90 Å². The molecule has 31 heavy (non-hydrogen) atoms. The minimum Gasteiger partial charge on any atom is -0.366 e. The van der Waals surface area contributed by atoms with Crippen molar-refractivity contribution in [1.82, 2.24) is 19.9 Å². The largest absolute Gasteiger partial charge is 0.366 e. The molecule has 1 saturated heterocycles. The standard InChI is InChI=1S/C22H22N8O/c1-14-9-15(10-26-18(14)11-23-2)17-3-4-19-21(27-17)30(16-5-8-29(19)13-16)22(31)28-20-12-24-6-7-25-20/h3-4,6-7,9-12,16H,5,8,13H2,1-2H3,(H,25,28,31)/t16-/m0/s1. The molecular formula is C22H22N8O. The first-order chi connectivity index (χ1) is 15.1. The van der Waals surface area contributed by atoms with Crippen LogP contribution < -0.4 is 15.1 Å². The SMILES string of the molecule is CN=Cc1ncc(-c2ccc3c(n2)N(C(=O)Nc2cnccn2)[C@H]2CCN3C2)cc1C. The van der Waals surface area contributed by atoms with Gasteiger partial charge in [0.25, 0.3) is 0 Å². The molecule has 0 spiro atoms. The third-order valence-electron chi connectivity index (χ3n) is 5.63. The van der Waals surface area contributed by atoms with Gasteiger partial charge in [0.05, 0.1) is 29.3 Å². The second-order valence-corrected chi connectivity index (χ2v) is 7.63. The molecule has 1 fully saturated rings. The van der Waals surface area contributed by atoms with Crippen LogP contribution in [0.4, 0.5) is 22.1 Å². The predicted molar refractivity (Wildman–Crippen MR) is 120 cm³/mol. The maximum atomic E-state index is 13.2. The summed E-state index contributed by atoms with van der Waals surface area (Å²) in [6, 6.07) is 5.89. The zero-order valence-electron chi connectivity index (χ0n) is 17.4. The monoisotopic (exact) mass is 414 g/mol. The summed E-state index contributed by atoms with van der Waals surface area (Å²) in [6.45, 7) is 3.70. The number of anilines is 3. The summed E-state index contributed by atoms with van der Waals surface area (Å²) in [5, 5.41) is 2.85. The van der Waals surface area contributed by atoms with E-state index in [-0.39, 0.29) is 12.1 Å². The molecule has 3 aromatic heterocycles. The third-order valence-corrected chi connectivity index (χ3v) is 5.63. The molecule has 5 rings (SSSR count). The third kappa shape index (κ3) is 3.48. The number of nitrogens with zero attached hydrogens (tertiary/aromatic N) is 7. The Bertz CT molecular complexity index is 1160. The fourth-order valence-corrected chi connectivity index (χ4v) is 4.15. The molecule has 9 heteroatoms. The van der Waals surface area contributed by atoms with Crippen molar-refractivity contribution in [3.8, 4) is 11.3 Å². The quantitative estimate of drug-likeness (QED) is 0.662. The van der Waals surface area contributed by atoms with E-state index >= 15 is 0 Å². The number of hydrogen-bond donors (Lipinski definition) is 1. The topological polar surface area (TPSA) is 99.5 Å². The van der Waals surface area contributed by atoms with Gasteiger partial charge in [-0.25, -0.2) is 14.8 Å². The Morgan fingerprint density at radius 1 is 1.26 bits per heavy atom. The highest BCUT2D eigenvalue weighted by atomic mass is 16.2. The molecule has 156 valence electrons. The normalized spacial score (nSPS) is 17.2. The number of hydrogen-bond acceptors (Lipinski definition) is 7. The Morgan fingerprint density at radius 2 is 2.16 bits per heavy atom. The lowest BCUT2D eigenvalue weighted by Gasteiger charge is -2.35. The van der Waals surface area contributed by atoms with Crippen molar-refractivity contribution in [2.24, 2.45) is 4.99 Å². The summed E-state index contributed by atoms with van der Waals surface area (Å²) in [5.74, 6) is 1.07. The molecule has 0 unspecified atom stereocenters. The first-order valence-corrected chi connectivity index (χ1v) is 10.2. The van der Waals surface area contributed by atoms with E-state index in [1.807, 2.05) is 25.1 Å². The minimum atomic E-state index is -0.248. The molecule has 3 aromatic rings. The van der Waals surface area contributed by atoms with Gasteiger partial charge >= 0.3 is 6.03 Å². The van der Waals surface area contributed by atoms with Crippen LogP contribution in [0.15, 0.2) is 48.0 Å². The van der Waals surface area contributed by atoms with E-state index in [4.69, 9.17) is 4.98 Å². The number of nitrogens with one attached hydrogen (secondary N) is 1. The average Bonchev–Trinajstić information content (AvgIpc) is 3.20. The number of fused-ring (bicyclic) bond motifs is 4. The molecule has 1 atom stereocenters. The van der Waals surface area contributed by atoms with E-state index in [0.717, 1.165) is 47.7 Å². The summed E-state index contributed by atoms with van der Waals surface area (Å²) in [6.07, 6.45) is 9.08. The highest BCUT2D eigenvalue weighted by Gasteiger charge is 2.40. The van der Waals surface area contributed by atoms with E-state index in [2.05, 4.69) is 30.2 Å². The first kappa shape index (κ1) is 19.1. The van der Waals surface area contributed by atoms with Gasteiger partial charge in [0.15, 0.2) is 11.6 Å². The van der Waals surface area contributed by atoms with Crippen molar-refractivity contribution >= 4 is 29.6 Å². The predicted octanol–water partition coefficient (Wildman–Crippen LogP) is 2.92. The van der Waals surface area contributed by atoms with Crippen LogP contribution in [0, 0.1) is 6.92 Å². The molecule has 2 aliphatic rings. The van der Waals surface area contributed by atoms with Crippen LogP contribution >= 0.6 is 0 Å². The Labute approximate surface area is 179 Å². The zero-order valence-corrected chi connectivity index (χ0v) is 17.4. The highest BCUT2D eigenvalue weighted by molar-refractivity contribution is 6.04. The number of aryl methyl sites for hydroxylation is 1. The zero-order chi connectivity index (χ0) is 21.4. The summed E-state index contributed by atoms with van der Waals surface area (Å²) in [5.41, 5.74) is 4.48. The van der Waals surface area contributed by atoms with Gasteiger partial charge in [0.1, 0.15) is 0 Å². The Kier molecular flexibility index (Phi) is 4.78. The molecule has 2 aliphatic heterocycles. The molecular weight excluding hydrogens is 392 g/mol. The molecule has 0 aromatic carbocycles. The number of carbonyl (C=O) groups excluding carboxylic acids is 1. The number of aromatic nitrogens is 4. The number of amides is 2. The van der Waals surface area contributed by atoms with Crippen LogP contribution in [0.5, 0.6) is 0 Å². The fraction of sp³-hybridized carbons (Fsp3) is 0.273. The molecule has 1 N–H and O–H groups in total. The number of pyridine rings is 2. The van der Waals surface area contributed by atoms with E-state index < -0.39 is 0 Å². The van der Waals surface area contributed by atoms with Crippen molar-refractivity contribution < 1.29 is 4.79 Å². The van der Waals surface area contributed by atoms with Gasteiger partial charge in [-0.1, -0.05) is 0 Å².